The first-order chi connectivity index (χ1) is 13.3. The van der Waals surface area contributed by atoms with E-state index in [-0.39, 0.29) is 18.4 Å². The molecule has 1 heterocycles. The van der Waals surface area contributed by atoms with Gasteiger partial charge in [0.05, 0.1) is 12.2 Å². The zero-order valence-corrected chi connectivity index (χ0v) is 16.7. The van der Waals surface area contributed by atoms with E-state index in [0.29, 0.717) is 5.56 Å². The fourth-order valence-corrected chi connectivity index (χ4v) is 3.77. The van der Waals surface area contributed by atoms with E-state index in [1.165, 1.54) is 11.1 Å². The summed E-state index contributed by atoms with van der Waals surface area (Å²) in [5, 5.41) is 22.9. The number of benzene rings is 1. The van der Waals surface area contributed by atoms with Gasteiger partial charge in [0.1, 0.15) is 0 Å². The molecule has 2 aromatic rings. The fraction of sp³-hybridized carbons (Fsp3) is 0.391. The van der Waals surface area contributed by atoms with Crippen LogP contribution in [0.1, 0.15) is 54.6 Å². The first kappa shape index (κ1) is 20.2. The number of nitrogens with one attached hydrogen (secondary N) is 1. The van der Waals surface area contributed by atoms with Crippen molar-refractivity contribution in [2.45, 2.75) is 45.6 Å². The maximum Gasteiger partial charge on any atom is 0.256 e. The van der Waals surface area contributed by atoms with Crippen molar-refractivity contribution in [1.82, 2.24) is 4.98 Å². The molecule has 0 saturated heterocycles. The Morgan fingerprint density at radius 2 is 1.96 bits per heavy atom. The predicted octanol–water partition coefficient (Wildman–Crippen LogP) is 3.96. The van der Waals surface area contributed by atoms with E-state index in [9.17, 15) is 15.0 Å². The fourth-order valence-electron chi connectivity index (χ4n) is 3.77. The largest absolute Gasteiger partial charge is 0.393 e. The molecular formula is C23H28N2O3. The third-order valence-electron chi connectivity index (χ3n) is 5.79. The summed E-state index contributed by atoms with van der Waals surface area (Å²) in [6.45, 7) is 5.46. The summed E-state index contributed by atoms with van der Waals surface area (Å²) in [5.41, 5.74) is 4.73. The van der Waals surface area contributed by atoms with Crippen LogP contribution in [0.5, 0.6) is 0 Å². The number of rotatable bonds is 5. The topological polar surface area (TPSA) is 82.5 Å². The first-order valence-electron chi connectivity index (χ1n) is 9.66. The second-order valence-electron chi connectivity index (χ2n) is 7.94. The Kier molecular flexibility index (Phi) is 5.96. The van der Waals surface area contributed by atoms with Crippen molar-refractivity contribution in [1.29, 1.82) is 0 Å². The lowest BCUT2D eigenvalue weighted by Gasteiger charge is -2.36. The van der Waals surface area contributed by atoms with Gasteiger partial charge in [-0.25, -0.2) is 0 Å². The number of allylic oxidation sites excluding steroid dienone is 2. The molecule has 2 atom stereocenters. The van der Waals surface area contributed by atoms with Crippen LogP contribution in [0.3, 0.4) is 0 Å². The van der Waals surface area contributed by atoms with Crippen LogP contribution in [0.2, 0.25) is 0 Å². The molecule has 1 amide bonds. The van der Waals surface area contributed by atoms with Gasteiger partial charge in [0.25, 0.3) is 5.91 Å². The smallest absolute Gasteiger partial charge is 0.256 e. The molecule has 1 aromatic carbocycles. The maximum atomic E-state index is 12.5. The van der Waals surface area contributed by atoms with Gasteiger partial charge >= 0.3 is 0 Å². The Hall–Kier alpha value is -2.50. The predicted molar refractivity (Wildman–Crippen MR) is 111 cm³/mol. The third kappa shape index (κ3) is 4.32. The number of amides is 1. The van der Waals surface area contributed by atoms with Crippen LogP contribution in [-0.4, -0.2) is 33.3 Å². The van der Waals surface area contributed by atoms with Gasteiger partial charge in [0, 0.05) is 23.6 Å². The summed E-state index contributed by atoms with van der Waals surface area (Å²) in [6.07, 6.45) is 5.81. The molecule has 1 aliphatic rings. The average Bonchev–Trinajstić information content (AvgIpc) is 2.69. The van der Waals surface area contributed by atoms with Gasteiger partial charge in [-0.2, -0.15) is 0 Å². The Morgan fingerprint density at radius 1 is 1.25 bits per heavy atom. The molecule has 5 heteroatoms. The number of nitrogens with zero attached hydrogens (tertiary/aromatic N) is 1. The van der Waals surface area contributed by atoms with Gasteiger partial charge in [-0.15, -0.1) is 0 Å². The van der Waals surface area contributed by atoms with E-state index in [4.69, 9.17) is 0 Å². The van der Waals surface area contributed by atoms with E-state index in [1.54, 1.807) is 25.4 Å². The molecule has 0 bridgehead atoms. The molecule has 1 aliphatic carbocycles. The zero-order chi connectivity index (χ0) is 20.3. The normalized spacial score (nSPS) is 19.2. The second-order valence-corrected chi connectivity index (χ2v) is 7.94. The lowest BCUT2D eigenvalue weighted by atomic mass is 9.74. The molecule has 1 unspecified atom stereocenters. The standard InChI is InChI=1S/C23H28N2O3/c1-15-4-7-18(23(3,28)14-26)12-21(15)17-5-8-19(9-6-17)25-22(27)20-10-11-24-13-16(20)2/h5-6,8-11,13,18,26,28H,4,7,12,14H2,1-3H3,(H,25,27)/t18-,23?/m0/s1. The highest BCUT2D eigenvalue weighted by Crippen LogP contribution is 2.40. The Balaban J connectivity index is 1.75. The number of pyridine rings is 1. The molecule has 3 rings (SSSR count). The van der Waals surface area contributed by atoms with Crippen LogP contribution in [0.15, 0.2) is 48.3 Å². The highest BCUT2D eigenvalue weighted by atomic mass is 16.3. The first-order valence-corrected chi connectivity index (χ1v) is 9.66. The van der Waals surface area contributed by atoms with E-state index in [1.807, 2.05) is 31.2 Å². The van der Waals surface area contributed by atoms with Crippen LogP contribution in [0, 0.1) is 12.8 Å². The molecule has 0 fully saturated rings. The minimum Gasteiger partial charge on any atom is -0.393 e. The van der Waals surface area contributed by atoms with Crippen LogP contribution in [-0.2, 0) is 0 Å². The number of carbonyl (C=O) groups is 1. The van der Waals surface area contributed by atoms with E-state index in [0.717, 1.165) is 36.1 Å². The van der Waals surface area contributed by atoms with Crippen molar-refractivity contribution in [3.05, 3.63) is 65.0 Å². The quantitative estimate of drug-likeness (QED) is 0.733. The van der Waals surface area contributed by atoms with Gasteiger partial charge in [-0.05, 0) is 80.9 Å². The molecule has 1 aromatic heterocycles. The average molecular weight is 380 g/mol. The minimum absolute atomic E-state index is 0.0326. The number of aliphatic hydroxyl groups is 2. The summed E-state index contributed by atoms with van der Waals surface area (Å²) in [5.74, 6) is -0.120. The minimum atomic E-state index is -1.07. The molecule has 28 heavy (non-hydrogen) atoms. The highest BCUT2D eigenvalue weighted by molar-refractivity contribution is 6.05. The monoisotopic (exact) mass is 380 g/mol. The molecule has 0 aliphatic heterocycles. The summed E-state index contributed by atoms with van der Waals surface area (Å²) in [7, 11) is 0. The number of anilines is 1. The lowest BCUT2D eigenvalue weighted by Crippen LogP contribution is -2.39. The van der Waals surface area contributed by atoms with E-state index >= 15 is 0 Å². The summed E-state index contributed by atoms with van der Waals surface area (Å²) in [6, 6.07) is 9.52. The molecular weight excluding hydrogens is 352 g/mol. The number of aromatic nitrogens is 1. The number of aryl methyl sites for hydroxylation is 1. The van der Waals surface area contributed by atoms with Crippen LogP contribution in [0.4, 0.5) is 5.69 Å². The van der Waals surface area contributed by atoms with Crippen molar-refractivity contribution in [2.75, 3.05) is 11.9 Å². The Bertz CT molecular complexity index is 885. The summed E-state index contributed by atoms with van der Waals surface area (Å²) < 4.78 is 0. The van der Waals surface area contributed by atoms with Gasteiger partial charge in [0.2, 0.25) is 0 Å². The van der Waals surface area contributed by atoms with Gasteiger partial charge < -0.3 is 15.5 Å². The number of hydrogen-bond donors (Lipinski definition) is 3. The van der Waals surface area contributed by atoms with Crippen molar-refractivity contribution in [3.8, 4) is 0 Å². The Morgan fingerprint density at radius 3 is 2.61 bits per heavy atom. The van der Waals surface area contributed by atoms with E-state index < -0.39 is 5.60 Å². The highest BCUT2D eigenvalue weighted by Gasteiger charge is 2.34. The van der Waals surface area contributed by atoms with Gasteiger partial charge in [-0.1, -0.05) is 17.7 Å². The SMILES string of the molecule is CC1=C(c2ccc(NC(=O)c3ccncc3C)cc2)C[C@@H](C(C)(O)CO)CC1. The summed E-state index contributed by atoms with van der Waals surface area (Å²) in [4.78, 5) is 16.5. The lowest BCUT2D eigenvalue weighted by molar-refractivity contribution is -0.0487. The molecule has 5 nitrogen and oxygen atoms in total. The van der Waals surface area contributed by atoms with Crippen molar-refractivity contribution < 1.29 is 15.0 Å². The number of hydrogen-bond acceptors (Lipinski definition) is 4. The summed E-state index contributed by atoms with van der Waals surface area (Å²) >= 11 is 0. The van der Waals surface area contributed by atoms with Crippen LogP contribution in [0.25, 0.3) is 5.57 Å². The number of aliphatic hydroxyl groups excluding tert-OH is 1. The van der Waals surface area contributed by atoms with E-state index in [2.05, 4.69) is 17.2 Å². The zero-order valence-electron chi connectivity index (χ0n) is 16.7. The van der Waals surface area contributed by atoms with Gasteiger partial charge in [0.15, 0.2) is 0 Å². The number of carbonyl (C=O) groups excluding carboxylic acids is 1. The van der Waals surface area contributed by atoms with Crippen molar-refractivity contribution in [3.63, 3.8) is 0 Å². The van der Waals surface area contributed by atoms with Crippen molar-refractivity contribution in [2.24, 2.45) is 5.92 Å². The molecule has 148 valence electrons. The second kappa shape index (κ2) is 8.25. The molecule has 0 saturated carbocycles. The van der Waals surface area contributed by atoms with Gasteiger partial charge in [-0.3, -0.25) is 9.78 Å². The molecule has 0 radical (unpaired) electrons. The van der Waals surface area contributed by atoms with Crippen LogP contribution >= 0.6 is 0 Å². The maximum absolute atomic E-state index is 12.5. The third-order valence-corrected chi connectivity index (χ3v) is 5.79. The molecule has 0 spiro atoms. The Labute approximate surface area is 166 Å². The van der Waals surface area contributed by atoms with Crippen molar-refractivity contribution >= 4 is 17.2 Å². The van der Waals surface area contributed by atoms with Crippen LogP contribution < -0.4 is 5.32 Å². The molecule has 3 N–H and O–H groups in total.